The van der Waals surface area contributed by atoms with Crippen molar-refractivity contribution in [2.45, 2.75) is 6.54 Å². The Morgan fingerprint density at radius 2 is 1.63 bits per heavy atom. The fourth-order valence-corrected chi connectivity index (χ4v) is 3.28. The van der Waals surface area contributed by atoms with Gasteiger partial charge in [-0.15, -0.1) is 0 Å². The van der Waals surface area contributed by atoms with E-state index in [1.54, 1.807) is 0 Å². The average molecular weight is 351 g/mol. The number of H-pyrrole nitrogens is 1. The molecule has 5 nitrogen and oxygen atoms in total. The van der Waals surface area contributed by atoms with Crippen molar-refractivity contribution in [1.29, 1.82) is 0 Å². The first kappa shape index (κ1) is 15.5. The third kappa shape index (κ3) is 2.89. The van der Waals surface area contributed by atoms with Crippen LogP contribution in [0.4, 0.5) is 5.69 Å². The zero-order valence-electron chi connectivity index (χ0n) is 14.6. The van der Waals surface area contributed by atoms with Gasteiger partial charge >= 0.3 is 0 Å². The molecule has 5 heteroatoms. The van der Waals surface area contributed by atoms with Crippen LogP contribution in [0, 0.1) is 0 Å². The summed E-state index contributed by atoms with van der Waals surface area (Å²) in [6, 6.07) is 20.2. The Balaban J connectivity index is 1.64. The summed E-state index contributed by atoms with van der Waals surface area (Å²) in [5, 5.41) is 4.66. The second-order valence-electron chi connectivity index (χ2n) is 6.38. The summed E-state index contributed by atoms with van der Waals surface area (Å²) in [5.41, 5.74) is 6.06. The van der Waals surface area contributed by atoms with Crippen LogP contribution in [0.1, 0.15) is 5.56 Å². The van der Waals surface area contributed by atoms with Gasteiger partial charge in [-0.1, -0.05) is 30.3 Å². The molecule has 3 aromatic heterocycles. The highest BCUT2D eigenvalue weighted by Gasteiger charge is 2.14. The highest BCUT2D eigenvalue weighted by atomic mass is 15.0. The van der Waals surface area contributed by atoms with E-state index in [1.807, 2.05) is 73.2 Å². The number of para-hydroxylation sites is 3. The minimum atomic E-state index is 0.698. The third-order valence-corrected chi connectivity index (χ3v) is 4.64. The first-order valence-electron chi connectivity index (χ1n) is 8.84. The van der Waals surface area contributed by atoms with E-state index in [9.17, 15) is 0 Å². The monoisotopic (exact) mass is 351 g/mol. The lowest BCUT2D eigenvalue weighted by Crippen LogP contribution is -2.03. The Morgan fingerprint density at radius 3 is 2.48 bits per heavy atom. The molecule has 2 aromatic carbocycles. The molecule has 0 fully saturated rings. The first-order chi connectivity index (χ1) is 13.4. The van der Waals surface area contributed by atoms with Crippen LogP contribution < -0.4 is 5.32 Å². The van der Waals surface area contributed by atoms with Crippen molar-refractivity contribution in [3.63, 3.8) is 0 Å². The Morgan fingerprint density at radius 1 is 0.852 bits per heavy atom. The van der Waals surface area contributed by atoms with Gasteiger partial charge in [0, 0.05) is 30.5 Å². The van der Waals surface area contributed by atoms with Crippen molar-refractivity contribution in [2.24, 2.45) is 0 Å². The Kier molecular flexibility index (Phi) is 3.76. The van der Waals surface area contributed by atoms with Gasteiger partial charge in [-0.05, 0) is 35.9 Å². The zero-order valence-corrected chi connectivity index (χ0v) is 14.6. The number of rotatable bonds is 4. The van der Waals surface area contributed by atoms with E-state index < -0.39 is 0 Å². The van der Waals surface area contributed by atoms with Crippen LogP contribution in [0.15, 0.2) is 79.3 Å². The van der Waals surface area contributed by atoms with Gasteiger partial charge in [-0.3, -0.25) is 9.97 Å². The molecule has 0 aliphatic carbocycles. The van der Waals surface area contributed by atoms with E-state index >= 15 is 0 Å². The lowest BCUT2D eigenvalue weighted by atomic mass is 10.1. The number of aromatic amines is 1. The molecule has 27 heavy (non-hydrogen) atoms. The van der Waals surface area contributed by atoms with Crippen LogP contribution >= 0.6 is 0 Å². The molecule has 0 saturated carbocycles. The molecule has 0 atom stereocenters. The number of nitrogens with one attached hydrogen (secondary N) is 2. The Labute approximate surface area is 156 Å². The summed E-state index contributed by atoms with van der Waals surface area (Å²) in [4.78, 5) is 16.9. The lowest BCUT2D eigenvalue weighted by molar-refractivity contribution is 1.13. The van der Waals surface area contributed by atoms with Gasteiger partial charge in [0.05, 0.1) is 27.8 Å². The molecule has 0 aliphatic heterocycles. The molecule has 3 heterocycles. The van der Waals surface area contributed by atoms with E-state index in [2.05, 4.69) is 26.3 Å². The van der Waals surface area contributed by atoms with Crippen molar-refractivity contribution < 1.29 is 0 Å². The highest BCUT2D eigenvalue weighted by Crippen LogP contribution is 2.33. The number of hydrogen-bond acceptors (Lipinski definition) is 4. The molecule has 0 bridgehead atoms. The predicted molar refractivity (Wildman–Crippen MR) is 108 cm³/mol. The van der Waals surface area contributed by atoms with Crippen LogP contribution in [0.3, 0.4) is 0 Å². The number of hydrogen-bond donors (Lipinski definition) is 2. The van der Waals surface area contributed by atoms with Crippen molar-refractivity contribution in [3.05, 3.63) is 84.8 Å². The van der Waals surface area contributed by atoms with Gasteiger partial charge in [-0.2, -0.15) is 0 Å². The Hall–Kier alpha value is -3.73. The quantitative estimate of drug-likeness (QED) is 0.489. The van der Waals surface area contributed by atoms with Gasteiger partial charge < -0.3 is 10.3 Å². The smallest absolute Gasteiger partial charge is 0.142 e. The molecule has 0 aliphatic rings. The number of aromatic nitrogens is 4. The number of fused-ring (bicyclic) bond motifs is 2. The van der Waals surface area contributed by atoms with Crippen LogP contribution in [-0.2, 0) is 6.54 Å². The molecule has 0 amide bonds. The number of benzene rings is 2. The SMILES string of the molecule is c1ccc2[nH]c(-c3cnc4ccccc4c3NCc3ccncc3)nc2c1. The van der Waals surface area contributed by atoms with Crippen molar-refractivity contribution in [1.82, 2.24) is 19.9 Å². The van der Waals surface area contributed by atoms with Crippen LogP contribution in [0.2, 0.25) is 0 Å². The maximum Gasteiger partial charge on any atom is 0.142 e. The fourth-order valence-electron chi connectivity index (χ4n) is 3.28. The number of nitrogens with zero attached hydrogens (tertiary/aromatic N) is 3. The molecular weight excluding hydrogens is 334 g/mol. The van der Waals surface area contributed by atoms with E-state index in [4.69, 9.17) is 4.98 Å². The third-order valence-electron chi connectivity index (χ3n) is 4.64. The number of pyridine rings is 2. The van der Waals surface area contributed by atoms with Gasteiger partial charge in [0.15, 0.2) is 0 Å². The van der Waals surface area contributed by atoms with Crippen LogP contribution in [0.5, 0.6) is 0 Å². The minimum absolute atomic E-state index is 0.698. The Bertz CT molecular complexity index is 1190. The molecule has 130 valence electrons. The lowest BCUT2D eigenvalue weighted by Gasteiger charge is -2.13. The minimum Gasteiger partial charge on any atom is -0.380 e. The molecule has 0 spiro atoms. The molecule has 2 N–H and O–H groups in total. The zero-order chi connectivity index (χ0) is 18.1. The molecule has 0 unspecified atom stereocenters. The normalized spacial score (nSPS) is 11.1. The largest absolute Gasteiger partial charge is 0.380 e. The second-order valence-corrected chi connectivity index (χ2v) is 6.38. The highest BCUT2D eigenvalue weighted by molar-refractivity contribution is 5.99. The van der Waals surface area contributed by atoms with Gasteiger partial charge in [0.25, 0.3) is 0 Å². The fraction of sp³-hybridized carbons (Fsp3) is 0.0455. The maximum atomic E-state index is 4.76. The summed E-state index contributed by atoms with van der Waals surface area (Å²) in [7, 11) is 0. The summed E-state index contributed by atoms with van der Waals surface area (Å²) < 4.78 is 0. The summed E-state index contributed by atoms with van der Waals surface area (Å²) >= 11 is 0. The number of imidazole rings is 1. The van der Waals surface area contributed by atoms with E-state index in [1.165, 1.54) is 5.56 Å². The molecule has 5 rings (SSSR count). The predicted octanol–water partition coefficient (Wildman–Crippen LogP) is 4.79. The van der Waals surface area contributed by atoms with Crippen LogP contribution in [0.25, 0.3) is 33.3 Å². The van der Waals surface area contributed by atoms with Gasteiger partial charge in [0.1, 0.15) is 5.82 Å². The van der Waals surface area contributed by atoms with E-state index in [0.717, 1.165) is 39.0 Å². The van der Waals surface area contributed by atoms with E-state index in [-0.39, 0.29) is 0 Å². The van der Waals surface area contributed by atoms with Crippen LogP contribution in [-0.4, -0.2) is 19.9 Å². The summed E-state index contributed by atoms with van der Waals surface area (Å²) in [6.07, 6.45) is 5.50. The molecule has 5 aromatic rings. The first-order valence-corrected chi connectivity index (χ1v) is 8.84. The van der Waals surface area contributed by atoms with E-state index in [0.29, 0.717) is 6.54 Å². The summed E-state index contributed by atoms with van der Waals surface area (Å²) in [5.74, 6) is 0.812. The summed E-state index contributed by atoms with van der Waals surface area (Å²) in [6.45, 7) is 0.698. The number of anilines is 1. The van der Waals surface area contributed by atoms with Crippen molar-refractivity contribution in [3.8, 4) is 11.4 Å². The topological polar surface area (TPSA) is 66.5 Å². The standard InChI is InChI=1S/C22H17N5/c1-2-6-18-16(5-1)21(25-13-15-9-11-23-12-10-15)17(14-24-18)22-26-19-7-3-4-8-20(19)27-22/h1-12,14H,13H2,(H,24,25)(H,26,27). The van der Waals surface area contributed by atoms with Crippen molar-refractivity contribution >= 4 is 27.6 Å². The average Bonchev–Trinajstić information content (AvgIpc) is 3.16. The molecule has 0 saturated heterocycles. The van der Waals surface area contributed by atoms with Crippen molar-refractivity contribution in [2.75, 3.05) is 5.32 Å². The van der Waals surface area contributed by atoms with Gasteiger partial charge in [0.2, 0.25) is 0 Å². The molecule has 0 radical (unpaired) electrons. The van der Waals surface area contributed by atoms with Gasteiger partial charge in [-0.25, -0.2) is 4.98 Å². The molecular formula is C22H17N5. The second kappa shape index (κ2) is 6.53. The maximum absolute atomic E-state index is 4.76.